The number of fused-ring (bicyclic) bond motifs is 2. The molecule has 6 heteroatoms. The first-order valence-corrected chi connectivity index (χ1v) is 12.7. The molecule has 0 bridgehead atoms. The van der Waals surface area contributed by atoms with E-state index in [1.54, 1.807) is 16.7 Å². The second-order valence-electron chi connectivity index (χ2n) is 9.36. The molecule has 172 valence electrons. The van der Waals surface area contributed by atoms with E-state index in [1.165, 1.54) is 33.2 Å². The molecule has 5 rings (SSSR count). The van der Waals surface area contributed by atoms with E-state index in [1.807, 2.05) is 0 Å². The van der Waals surface area contributed by atoms with Gasteiger partial charge < -0.3 is 14.5 Å². The van der Waals surface area contributed by atoms with Gasteiger partial charge in [0, 0.05) is 17.5 Å². The SMILES string of the molecule is Cc1cc(C)c2nc3c(cc2c1)CN(CC[NH+]1CCOCC1)C(=Nc1cccc(C)c1C)S3. The van der Waals surface area contributed by atoms with E-state index < -0.39 is 0 Å². The Morgan fingerprint density at radius 1 is 1.06 bits per heavy atom. The van der Waals surface area contributed by atoms with Crippen molar-refractivity contribution in [2.45, 2.75) is 39.3 Å². The molecule has 0 radical (unpaired) electrons. The van der Waals surface area contributed by atoms with Gasteiger partial charge in [-0.3, -0.25) is 0 Å². The van der Waals surface area contributed by atoms with Crippen molar-refractivity contribution in [3.63, 3.8) is 0 Å². The van der Waals surface area contributed by atoms with Crippen molar-refractivity contribution < 1.29 is 9.64 Å². The van der Waals surface area contributed by atoms with Gasteiger partial charge in [0.1, 0.15) is 18.1 Å². The zero-order valence-corrected chi connectivity index (χ0v) is 20.9. The largest absolute Gasteiger partial charge is 0.370 e. The number of amidine groups is 1. The first-order chi connectivity index (χ1) is 16.0. The molecular weight excluding hydrogens is 428 g/mol. The van der Waals surface area contributed by atoms with E-state index in [4.69, 9.17) is 14.7 Å². The number of aromatic nitrogens is 1. The Bertz CT molecular complexity index is 1220. The number of quaternary nitrogens is 1. The van der Waals surface area contributed by atoms with Gasteiger partial charge >= 0.3 is 0 Å². The summed E-state index contributed by atoms with van der Waals surface area (Å²) < 4.78 is 5.55. The average molecular weight is 462 g/mol. The van der Waals surface area contributed by atoms with Gasteiger partial charge in [-0.2, -0.15) is 0 Å². The Morgan fingerprint density at radius 2 is 1.88 bits per heavy atom. The molecule has 1 aromatic heterocycles. The lowest BCUT2D eigenvalue weighted by atomic mass is 10.1. The predicted octanol–water partition coefficient (Wildman–Crippen LogP) is 3.98. The Labute approximate surface area is 200 Å². The first kappa shape index (κ1) is 22.4. The maximum atomic E-state index is 5.55. The summed E-state index contributed by atoms with van der Waals surface area (Å²) >= 11 is 1.72. The monoisotopic (exact) mass is 461 g/mol. The molecule has 2 aliphatic heterocycles. The minimum absolute atomic E-state index is 0.853. The Balaban J connectivity index is 1.51. The average Bonchev–Trinajstić information content (AvgIpc) is 2.80. The Kier molecular flexibility index (Phi) is 6.41. The number of nitrogens with one attached hydrogen (secondary N) is 1. The van der Waals surface area contributed by atoms with Crippen LogP contribution >= 0.6 is 11.8 Å². The quantitative estimate of drug-likeness (QED) is 0.638. The van der Waals surface area contributed by atoms with Gasteiger partial charge in [0.25, 0.3) is 0 Å². The normalized spacial score (nSPS) is 18.2. The smallest absolute Gasteiger partial charge is 0.171 e. The van der Waals surface area contributed by atoms with Gasteiger partial charge in [0.15, 0.2) is 5.17 Å². The molecule has 1 fully saturated rings. The van der Waals surface area contributed by atoms with Gasteiger partial charge in [0.05, 0.1) is 37.5 Å². The minimum atomic E-state index is 0.853. The standard InChI is InChI=1S/C27H32N4OS/c1-18-14-20(3)25-22(15-18)16-23-17-31(9-8-30-10-12-32-13-11-30)27(33-26(23)29-25)28-24-7-5-6-19(2)21(24)4/h5-7,14-16H,8-13,17H2,1-4H3/p+1. The number of ether oxygens (including phenoxy) is 1. The van der Waals surface area contributed by atoms with Crippen LogP contribution in [0, 0.1) is 27.7 Å². The summed E-state index contributed by atoms with van der Waals surface area (Å²) in [7, 11) is 0. The van der Waals surface area contributed by atoms with Gasteiger partial charge in [-0.15, -0.1) is 0 Å². The fourth-order valence-electron chi connectivity index (χ4n) is 4.74. The molecule has 0 amide bonds. The van der Waals surface area contributed by atoms with Crippen molar-refractivity contribution in [1.29, 1.82) is 0 Å². The highest BCUT2D eigenvalue weighted by molar-refractivity contribution is 8.13. The molecule has 2 aromatic carbocycles. The van der Waals surface area contributed by atoms with Crippen LogP contribution in [0.15, 0.2) is 46.4 Å². The number of benzene rings is 2. The van der Waals surface area contributed by atoms with Crippen LogP contribution in [0.4, 0.5) is 5.69 Å². The molecule has 3 aromatic rings. The van der Waals surface area contributed by atoms with Crippen LogP contribution in [0.3, 0.4) is 0 Å². The summed E-state index contributed by atoms with van der Waals surface area (Å²) in [6.07, 6.45) is 0. The number of morpholine rings is 1. The number of rotatable bonds is 4. The van der Waals surface area contributed by atoms with E-state index in [2.05, 4.69) is 69.0 Å². The van der Waals surface area contributed by atoms with Gasteiger partial charge in [-0.25, -0.2) is 9.98 Å². The van der Waals surface area contributed by atoms with Gasteiger partial charge in [0.2, 0.25) is 0 Å². The van der Waals surface area contributed by atoms with E-state index in [9.17, 15) is 0 Å². The molecule has 1 N–H and O–H groups in total. The fourth-order valence-corrected chi connectivity index (χ4v) is 5.73. The van der Waals surface area contributed by atoms with Crippen LogP contribution < -0.4 is 4.90 Å². The highest BCUT2D eigenvalue weighted by atomic mass is 32.2. The van der Waals surface area contributed by atoms with E-state index in [0.29, 0.717) is 0 Å². The zero-order valence-electron chi connectivity index (χ0n) is 20.1. The van der Waals surface area contributed by atoms with E-state index in [-0.39, 0.29) is 0 Å². The minimum Gasteiger partial charge on any atom is -0.370 e. The highest BCUT2D eigenvalue weighted by Gasteiger charge is 2.26. The number of thioether (sulfide) groups is 1. The van der Waals surface area contributed by atoms with E-state index in [0.717, 1.165) is 67.3 Å². The van der Waals surface area contributed by atoms with Gasteiger partial charge in [-0.1, -0.05) is 23.8 Å². The third kappa shape index (κ3) is 4.79. The number of hydrogen-bond donors (Lipinski definition) is 1. The second kappa shape index (κ2) is 9.45. The Morgan fingerprint density at radius 3 is 2.70 bits per heavy atom. The number of nitrogens with zero attached hydrogens (tertiary/aromatic N) is 3. The summed E-state index contributed by atoms with van der Waals surface area (Å²) in [6.45, 7) is 15.5. The van der Waals surface area contributed by atoms with Crippen molar-refractivity contribution in [3.05, 3.63) is 64.2 Å². The fraction of sp³-hybridized carbons (Fsp3) is 0.407. The summed E-state index contributed by atoms with van der Waals surface area (Å²) in [4.78, 5) is 14.3. The lowest BCUT2D eigenvalue weighted by Gasteiger charge is -2.33. The molecule has 3 heterocycles. The third-order valence-corrected chi connectivity index (χ3v) is 7.92. The summed E-state index contributed by atoms with van der Waals surface area (Å²) in [5.74, 6) is 0. The molecule has 0 atom stereocenters. The lowest BCUT2D eigenvalue weighted by Crippen LogP contribution is -3.14. The van der Waals surface area contributed by atoms with Crippen molar-refractivity contribution in [2.24, 2.45) is 4.99 Å². The van der Waals surface area contributed by atoms with Crippen molar-refractivity contribution in [3.8, 4) is 0 Å². The maximum Gasteiger partial charge on any atom is 0.171 e. The molecule has 0 saturated carbocycles. The molecule has 1 saturated heterocycles. The Hall–Kier alpha value is -2.41. The zero-order chi connectivity index (χ0) is 22.9. The lowest BCUT2D eigenvalue weighted by molar-refractivity contribution is -0.907. The van der Waals surface area contributed by atoms with Crippen LogP contribution in [0.5, 0.6) is 0 Å². The number of aryl methyl sites for hydroxylation is 3. The summed E-state index contributed by atoms with van der Waals surface area (Å²) in [5, 5.41) is 3.38. The maximum absolute atomic E-state index is 5.55. The van der Waals surface area contributed by atoms with Crippen LogP contribution in [-0.4, -0.2) is 54.4 Å². The predicted molar refractivity (Wildman–Crippen MR) is 137 cm³/mol. The topological polar surface area (TPSA) is 42.2 Å². The first-order valence-electron chi connectivity index (χ1n) is 11.9. The molecule has 2 aliphatic rings. The van der Waals surface area contributed by atoms with Crippen LogP contribution in [-0.2, 0) is 11.3 Å². The summed E-state index contributed by atoms with van der Waals surface area (Å²) in [5.41, 5.74) is 8.50. The number of hydrogen-bond acceptors (Lipinski definition) is 4. The highest BCUT2D eigenvalue weighted by Crippen LogP contribution is 2.35. The molecule has 5 nitrogen and oxygen atoms in total. The summed E-state index contributed by atoms with van der Waals surface area (Å²) in [6, 6.07) is 13.2. The van der Waals surface area contributed by atoms with Crippen LogP contribution in [0.2, 0.25) is 0 Å². The second-order valence-corrected chi connectivity index (χ2v) is 10.3. The van der Waals surface area contributed by atoms with E-state index >= 15 is 0 Å². The van der Waals surface area contributed by atoms with Crippen LogP contribution in [0.1, 0.15) is 27.8 Å². The molecular formula is C27H33N4OS+. The van der Waals surface area contributed by atoms with Crippen molar-refractivity contribution in [2.75, 3.05) is 39.4 Å². The molecule has 0 unspecified atom stereocenters. The van der Waals surface area contributed by atoms with Crippen LogP contribution in [0.25, 0.3) is 10.9 Å². The van der Waals surface area contributed by atoms with Gasteiger partial charge in [-0.05, 0) is 74.3 Å². The number of aliphatic imine (C=N–C) groups is 1. The third-order valence-electron chi connectivity index (χ3n) is 6.84. The molecule has 0 aliphatic carbocycles. The van der Waals surface area contributed by atoms with Crippen molar-refractivity contribution in [1.82, 2.24) is 9.88 Å². The van der Waals surface area contributed by atoms with Crippen molar-refractivity contribution >= 4 is 33.5 Å². The molecule has 33 heavy (non-hydrogen) atoms. The molecule has 0 spiro atoms. The number of pyridine rings is 1.